The van der Waals surface area contributed by atoms with Crippen molar-refractivity contribution in [3.05, 3.63) is 53.2 Å². The Balaban J connectivity index is 1.88. The molecule has 2 N–H and O–H groups in total. The van der Waals surface area contributed by atoms with E-state index in [1.807, 2.05) is 12.1 Å². The molecule has 0 spiro atoms. The first kappa shape index (κ1) is 20.3. The van der Waals surface area contributed by atoms with E-state index in [1.165, 1.54) is 5.56 Å². The fraction of sp³-hybridized carbons (Fsp3) is 0.273. The highest BCUT2D eigenvalue weighted by molar-refractivity contribution is 5.68. The van der Waals surface area contributed by atoms with Gasteiger partial charge in [0.2, 0.25) is 11.7 Å². The normalized spacial score (nSPS) is 10.4. The Hall–Kier alpha value is -3.48. The number of hydrogen-bond donors (Lipinski definition) is 2. The van der Waals surface area contributed by atoms with Gasteiger partial charge >= 0.3 is 0 Å². The van der Waals surface area contributed by atoms with Gasteiger partial charge in [-0.25, -0.2) is 4.98 Å². The third kappa shape index (κ3) is 4.51. The molecule has 7 heteroatoms. The average Bonchev–Trinajstić information content (AvgIpc) is 2.70. The van der Waals surface area contributed by atoms with E-state index in [9.17, 15) is 0 Å². The fourth-order valence-electron chi connectivity index (χ4n) is 3.28. The zero-order valence-corrected chi connectivity index (χ0v) is 17.6. The molecule has 0 aliphatic rings. The molecule has 0 atom stereocenters. The van der Waals surface area contributed by atoms with Crippen molar-refractivity contribution in [2.75, 3.05) is 32.0 Å². The van der Waals surface area contributed by atoms with Crippen molar-refractivity contribution in [3.8, 4) is 17.2 Å². The average molecular weight is 394 g/mol. The number of aryl methyl sites for hydroxylation is 3. The Kier molecular flexibility index (Phi) is 6.07. The van der Waals surface area contributed by atoms with E-state index in [-0.39, 0.29) is 0 Å². The maximum Gasteiger partial charge on any atom is 0.229 e. The Bertz CT molecular complexity index is 973. The van der Waals surface area contributed by atoms with E-state index in [0.29, 0.717) is 29.0 Å². The summed E-state index contributed by atoms with van der Waals surface area (Å²) in [6.45, 7) is 6.23. The van der Waals surface area contributed by atoms with Crippen molar-refractivity contribution in [1.82, 2.24) is 9.97 Å². The molecular weight excluding hydrogens is 368 g/mol. The van der Waals surface area contributed by atoms with Gasteiger partial charge in [-0.15, -0.1) is 0 Å². The van der Waals surface area contributed by atoms with Gasteiger partial charge in [-0.3, -0.25) is 0 Å². The maximum absolute atomic E-state index is 5.41. The highest BCUT2D eigenvalue weighted by Crippen LogP contribution is 2.40. The Morgan fingerprint density at radius 2 is 1.41 bits per heavy atom. The van der Waals surface area contributed by atoms with Crippen LogP contribution in [0.5, 0.6) is 17.2 Å². The van der Waals surface area contributed by atoms with E-state index < -0.39 is 0 Å². The summed E-state index contributed by atoms with van der Waals surface area (Å²) in [6, 6.07) is 9.71. The largest absolute Gasteiger partial charge is 0.493 e. The first-order valence-electron chi connectivity index (χ1n) is 9.20. The summed E-state index contributed by atoms with van der Waals surface area (Å²) in [4.78, 5) is 8.92. The molecule has 3 aromatic rings. The molecule has 0 amide bonds. The number of anilines is 4. The van der Waals surface area contributed by atoms with Gasteiger partial charge in [0, 0.05) is 29.7 Å². The zero-order valence-electron chi connectivity index (χ0n) is 17.6. The molecule has 1 aromatic heterocycles. The van der Waals surface area contributed by atoms with Gasteiger partial charge in [-0.05, 0) is 38.0 Å². The van der Waals surface area contributed by atoms with Crippen LogP contribution in [0.3, 0.4) is 0 Å². The molecule has 0 saturated heterocycles. The van der Waals surface area contributed by atoms with Crippen LogP contribution in [-0.2, 0) is 0 Å². The van der Waals surface area contributed by atoms with Crippen LogP contribution in [0, 0.1) is 20.8 Å². The summed E-state index contributed by atoms with van der Waals surface area (Å²) in [7, 11) is 4.74. The minimum Gasteiger partial charge on any atom is -0.493 e. The fourth-order valence-corrected chi connectivity index (χ4v) is 3.28. The Labute approximate surface area is 171 Å². The van der Waals surface area contributed by atoms with Crippen molar-refractivity contribution in [3.63, 3.8) is 0 Å². The van der Waals surface area contributed by atoms with E-state index in [4.69, 9.17) is 14.2 Å². The molecule has 0 unspecified atom stereocenters. The molecule has 0 radical (unpaired) electrons. The van der Waals surface area contributed by atoms with Crippen LogP contribution < -0.4 is 24.8 Å². The highest BCUT2D eigenvalue weighted by Gasteiger charge is 2.14. The van der Waals surface area contributed by atoms with Crippen LogP contribution in [0.15, 0.2) is 36.5 Å². The van der Waals surface area contributed by atoms with Gasteiger partial charge in [-0.1, -0.05) is 17.7 Å². The number of benzene rings is 2. The second-order valence-corrected chi connectivity index (χ2v) is 6.70. The molecule has 0 aliphatic carbocycles. The van der Waals surface area contributed by atoms with Crippen molar-refractivity contribution in [2.24, 2.45) is 0 Å². The monoisotopic (exact) mass is 394 g/mol. The third-order valence-electron chi connectivity index (χ3n) is 4.51. The lowest BCUT2D eigenvalue weighted by molar-refractivity contribution is 0.324. The SMILES string of the molecule is COc1cc(Nc2ccnc(Nc3c(C)cc(C)cc3C)n2)cc(OC)c1OC. The quantitative estimate of drug-likeness (QED) is 0.589. The minimum absolute atomic E-state index is 0.512. The van der Waals surface area contributed by atoms with Crippen LogP contribution in [0.25, 0.3) is 0 Å². The number of aromatic nitrogens is 2. The lowest BCUT2D eigenvalue weighted by Crippen LogP contribution is -2.03. The second kappa shape index (κ2) is 8.68. The molecular formula is C22H26N4O3. The molecule has 7 nitrogen and oxygen atoms in total. The number of nitrogens with one attached hydrogen (secondary N) is 2. The van der Waals surface area contributed by atoms with Crippen LogP contribution in [0.4, 0.5) is 23.1 Å². The van der Waals surface area contributed by atoms with E-state index >= 15 is 0 Å². The molecule has 1 heterocycles. The van der Waals surface area contributed by atoms with Gasteiger partial charge in [0.05, 0.1) is 21.3 Å². The van der Waals surface area contributed by atoms with Crippen LogP contribution in [0.2, 0.25) is 0 Å². The Morgan fingerprint density at radius 1 is 0.793 bits per heavy atom. The van der Waals surface area contributed by atoms with Crippen molar-refractivity contribution < 1.29 is 14.2 Å². The summed E-state index contributed by atoms with van der Waals surface area (Å²) in [6.07, 6.45) is 1.70. The number of ether oxygens (including phenoxy) is 3. The topological polar surface area (TPSA) is 77.5 Å². The lowest BCUT2D eigenvalue weighted by Gasteiger charge is -2.15. The number of nitrogens with zero attached hydrogens (tertiary/aromatic N) is 2. The number of methoxy groups -OCH3 is 3. The van der Waals surface area contributed by atoms with E-state index in [2.05, 4.69) is 53.5 Å². The van der Waals surface area contributed by atoms with Crippen molar-refractivity contribution in [1.29, 1.82) is 0 Å². The molecule has 29 heavy (non-hydrogen) atoms. The van der Waals surface area contributed by atoms with E-state index in [0.717, 1.165) is 22.5 Å². The second-order valence-electron chi connectivity index (χ2n) is 6.70. The van der Waals surface area contributed by atoms with Crippen molar-refractivity contribution >= 4 is 23.1 Å². The molecule has 0 fully saturated rings. The smallest absolute Gasteiger partial charge is 0.229 e. The standard InChI is InChI=1S/C22H26N4O3/c1-13-9-14(2)20(15(3)10-13)26-22-23-8-7-19(25-22)24-16-11-17(27-4)21(29-6)18(12-16)28-5/h7-12H,1-6H3,(H2,23,24,25,26). The molecule has 152 valence electrons. The van der Waals surface area contributed by atoms with Gasteiger partial charge in [0.1, 0.15) is 5.82 Å². The summed E-state index contributed by atoms with van der Waals surface area (Å²) < 4.78 is 16.2. The van der Waals surface area contributed by atoms with Crippen LogP contribution >= 0.6 is 0 Å². The maximum atomic E-state index is 5.41. The van der Waals surface area contributed by atoms with Gasteiger partial charge in [0.15, 0.2) is 11.5 Å². The minimum atomic E-state index is 0.512. The predicted octanol–water partition coefficient (Wildman–Crippen LogP) is 4.91. The predicted molar refractivity (Wildman–Crippen MR) is 115 cm³/mol. The first-order valence-corrected chi connectivity index (χ1v) is 9.20. The van der Waals surface area contributed by atoms with Crippen molar-refractivity contribution in [2.45, 2.75) is 20.8 Å². The summed E-state index contributed by atoms with van der Waals surface area (Å²) in [5.74, 6) is 2.81. The van der Waals surface area contributed by atoms with Crippen LogP contribution in [0.1, 0.15) is 16.7 Å². The molecule has 0 bridgehead atoms. The zero-order chi connectivity index (χ0) is 21.0. The third-order valence-corrected chi connectivity index (χ3v) is 4.51. The highest BCUT2D eigenvalue weighted by atomic mass is 16.5. The van der Waals surface area contributed by atoms with E-state index in [1.54, 1.807) is 33.6 Å². The van der Waals surface area contributed by atoms with Gasteiger partial charge < -0.3 is 24.8 Å². The number of rotatable bonds is 7. The molecule has 0 aliphatic heterocycles. The summed E-state index contributed by atoms with van der Waals surface area (Å²) in [5.41, 5.74) is 5.29. The number of hydrogen-bond acceptors (Lipinski definition) is 7. The van der Waals surface area contributed by atoms with Gasteiger partial charge in [-0.2, -0.15) is 4.98 Å². The summed E-state index contributed by atoms with van der Waals surface area (Å²) >= 11 is 0. The van der Waals surface area contributed by atoms with Gasteiger partial charge in [0.25, 0.3) is 0 Å². The Morgan fingerprint density at radius 3 is 1.97 bits per heavy atom. The van der Waals surface area contributed by atoms with Crippen LogP contribution in [-0.4, -0.2) is 31.3 Å². The summed E-state index contributed by atoms with van der Waals surface area (Å²) in [5, 5.41) is 6.59. The lowest BCUT2D eigenvalue weighted by atomic mass is 10.1. The first-order chi connectivity index (χ1) is 13.9. The molecule has 2 aromatic carbocycles. The molecule has 3 rings (SSSR count). The molecule has 0 saturated carbocycles.